The first-order valence-electron chi connectivity index (χ1n) is 9.42. The van der Waals surface area contributed by atoms with Crippen molar-refractivity contribution in [1.29, 1.82) is 0 Å². The minimum absolute atomic E-state index is 0.224. The van der Waals surface area contributed by atoms with E-state index >= 15 is 0 Å². The zero-order chi connectivity index (χ0) is 20.3. The summed E-state index contributed by atoms with van der Waals surface area (Å²) >= 11 is 1.55. The van der Waals surface area contributed by atoms with Gasteiger partial charge in [0.1, 0.15) is 0 Å². The van der Waals surface area contributed by atoms with E-state index in [9.17, 15) is 9.59 Å². The maximum Gasteiger partial charge on any atom is 0.338 e. The number of esters is 1. The third-order valence-electron chi connectivity index (χ3n) is 5.27. The summed E-state index contributed by atoms with van der Waals surface area (Å²) in [5.41, 5.74) is 5.14. The lowest BCUT2D eigenvalue weighted by atomic mass is 9.72. The maximum atomic E-state index is 12.5. The lowest BCUT2D eigenvalue weighted by Crippen LogP contribution is -2.26. The van der Waals surface area contributed by atoms with Gasteiger partial charge < -0.3 is 4.74 Å². The van der Waals surface area contributed by atoms with Crippen molar-refractivity contribution in [3.05, 3.63) is 56.8 Å². The second kappa shape index (κ2) is 8.27. The predicted molar refractivity (Wildman–Crippen MR) is 112 cm³/mol. The second-order valence-corrected chi connectivity index (χ2v) is 9.28. The summed E-state index contributed by atoms with van der Waals surface area (Å²) in [6.07, 6.45) is 4.69. The van der Waals surface area contributed by atoms with E-state index in [0.29, 0.717) is 21.9 Å². The van der Waals surface area contributed by atoms with Crippen molar-refractivity contribution in [2.24, 2.45) is 16.4 Å². The Morgan fingerprint density at radius 2 is 2.04 bits per heavy atom. The van der Waals surface area contributed by atoms with Gasteiger partial charge in [0.05, 0.1) is 23.8 Å². The Kier molecular flexibility index (Phi) is 5.98. The molecule has 1 aliphatic carbocycles. The first-order chi connectivity index (χ1) is 13.3. The van der Waals surface area contributed by atoms with Crippen molar-refractivity contribution in [2.45, 2.75) is 40.0 Å². The fourth-order valence-electron chi connectivity index (χ4n) is 3.50. The van der Waals surface area contributed by atoms with Gasteiger partial charge in [-0.1, -0.05) is 39.0 Å². The molecule has 148 valence electrons. The van der Waals surface area contributed by atoms with Gasteiger partial charge in [-0.25, -0.2) is 10.2 Å². The van der Waals surface area contributed by atoms with Crippen molar-refractivity contribution < 1.29 is 14.3 Å². The van der Waals surface area contributed by atoms with Crippen LogP contribution < -0.4 is 5.43 Å². The molecule has 2 aromatic rings. The number of hydrogen-bond acceptors (Lipinski definition) is 5. The summed E-state index contributed by atoms with van der Waals surface area (Å²) in [5.74, 6) is -0.0235. The average molecular weight is 399 g/mol. The van der Waals surface area contributed by atoms with Crippen LogP contribution >= 0.6 is 11.3 Å². The number of nitrogens with zero attached hydrogens (tertiary/aromatic N) is 1. The lowest BCUT2D eigenvalue weighted by Gasteiger charge is -2.33. The van der Waals surface area contributed by atoms with Gasteiger partial charge in [-0.05, 0) is 48.3 Å². The zero-order valence-corrected chi connectivity index (χ0v) is 17.6. The summed E-state index contributed by atoms with van der Waals surface area (Å²) in [5, 5.41) is 4.03. The standard InChI is InChI=1S/C22H26N2O3S/c1-22(2,3)16-9-10-18-15(11-16)12-19(28-18)20(25)24-23-13-14-7-5-6-8-17(14)21(26)27-4/h5-8,12-13,16H,9-11H2,1-4H3,(H,24,25)/b23-13-/t16-/m0/s1. The van der Waals surface area contributed by atoms with Crippen LogP contribution in [-0.2, 0) is 17.6 Å². The Balaban J connectivity index is 1.68. The first kappa shape index (κ1) is 20.3. The van der Waals surface area contributed by atoms with E-state index in [1.54, 1.807) is 35.6 Å². The molecular formula is C22H26N2O3S. The van der Waals surface area contributed by atoms with Crippen LogP contribution in [0.4, 0.5) is 0 Å². The zero-order valence-electron chi connectivity index (χ0n) is 16.7. The number of methoxy groups -OCH3 is 1. The fraction of sp³-hybridized carbons (Fsp3) is 0.409. The van der Waals surface area contributed by atoms with E-state index in [2.05, 4.69) is 31.3 Å². The molecule has 6 heteroatoms. The normalized spacial score (nSPS) is 16.6. The van der Waals surface area contributed by atoms with Gasteiger partial charge in [0.15, 0.2) is 0 Å². The minimum Gasteiger partial charge on any atom is -0.465 e. The molecule has 1 N–H and O–H groups in total. The Bertz CT molecular complexity index is 909. The van der Waals surface area contributed by atoms with E-state index in [4.69, 9.17) is 4.74 Å². The number of benzene rings is 1. The van der Waals surface area contributed by atoms with Gasteiger partial charge in [0, 0.05) is 10.4 Å². The largest absolute Gasteiger partial charge is 0.465 e. The molecule has 0 unspecified atom stereocenters. The number of hydrogen-bond donors (Lipinski definition) is 1. The lowest BCUT2D eigenvalue weighted by molar-refractivity contribution is 0.0600. The number of carbonyl (C=O) groups is 2. The molecule has 1 aromatic heterocycles. The van der Waals surface area contributed by atoms with Crippen LogP contribution in [0, 0.1) is 11.3 Å². The number of carbonyl (C=O) groups excluding carboxylic acids is 2. The van der Waals surface area contributed by atoms with Crippen molar-refractivity contribution in [3.8, 4) is 0 Å². The van der Waals surface area contributed by atoms with Crippen LogP contribution in [0.15, 0.2) is 35.4 Å². The Morgan fingerprint density at radius 1 is 1.29 bits per heavy atom. The molecule has 1 aliphatic rings. The van der Waals surface area contributed by atoms with Crippen LogP contribution in [-0.4, -0.2) is 25.2 Å². The minimum atomic E-state index is -0.437. The Morgan fingerprint density at radius 3 is 2.75 bits per heavy atom. The summed E-state index contributed by atoms with van der Waals surface area (Å²) in [4.78, 5) is 26.3. The molecule has 0 saturated heterocycles. The van der Waals surface area contributed by atoms with E-state index in [1.165, 1.54) is 30.2 Å². The SMILES string of the molecule is COC(=O)c1ccccc1/C=N\NC(=O)c1cc2c(s1)CC[C@H](C(C)(C)C)C2. The van der Waals surface area contributed by atoms with Crippen molar-refractivity contribution in [3.63, 3.8) is 0 Å². The second-order valence-electron chi connectivity index (χ2n) is 8.14. The summed E-state index contributed by atoms with van der Waals surface area (Å²) in [7, 11) is 1.33. The monoisotopic (exact) mass is 398 g/mol. The molecule has 3 rings (SSSR count). The van der Waals surface area contributed by atoms with Crippen LogP contribution in [0.1, 0.15) is 63.2 Å². The molecule has 0 fully saturated rings. The number of hydrazone groups is 1. The molecule has 0 saturated carbocycles. The van der Waals surface area contributed by atoms with Gasteiger partial charge in [-0.2, -0.15) is 5.10 Å². The molecule has 0 spiro atoms. The molecule has 0 bridgehead atoms. The number of aryl methyl sites for hydroxylation is 1. The molecule has 28 heavy (non-hydrogen) atoms. The highest BCUT2D eigenvalue weighted by atomic mass is 32.1. The number of nitrogens with one attached hydrogen (secondary N) is 1. The average Bonchev–Trinajstić information content (AvgIpc) is 3.10. The van der Waals surface area contributed by atoms with E-state index < -0.39 is 5.97 Å². The number of amides is 1. The molecule has 1 amide bonds. The van der Waals surface area contributed by atoms with Crippen molar-refractivity contribution in [1.82, 2.24) is 5.43 Å². The number of rotatable bonds is 4. The Labute approximate surface area is 169 Å². The predicted octanol–water partition coefficient (Wildman–Crippen LogP) is 4.45. The molecule has 0 radical (unpaired) electrons. The summed E-state index contributed by atoms with van der Waals surface area (Å²) in [6.45, 7) is 6.84. The van der Waals surface area contributed by atoms with Crippen LogP contribution in [0.3, 0.4) is 0 Å². The van der Waals surface area contributed by atoms with E-state index in [-0.39, 0.29) is 11.3 Å². The van der Waals surface area contributed by atoms with Crippen LogP contribution in [0.5, 0.6) is 0 Å². The highest BCUT2D eigenvalue weighted by Crippen LogP contribution is 2.40. The van der Waals surface area contributed by atoms with Crippen LogP contribution in [0.2, 0.25) is 0 Å². The van der Waals surface area contributed by atoms with Gasteiger partial charge in [-0.15, -0.1) is 11.3 Å². The molecule has 1 aromatic carbocycles. The summed E-state index contributed by atoms with van der Waals surface area (Å²) < 4.78 is 4.77. The third kappa shape index (κ3) is 4.50. The number of ether oxygens (including phenoxy) is 1. The number of fused-ring (bicyclic) bond motifs is 1. The van der Waals surface area contributed by atoms with Crippen molar-refractivity contribution >= 4 is 29.4 Å². The van der Waals surface area contributed by atoms with Gasteiger partial charge in [-0.3, -0.25) is 4.79 Å². The smallest absolute Gasteiger partial charge is 0.338 e. The molecule has 5 nitrogen and oxygen atoms in total. The van der Waals surface area contributed by atoms with E-state index in [1.807, 2.05) is 6.07 Å². The first-order valence-corrected chi connectivity index (χ1v) is 10.2. The maximum absolute atomic E-state index is 12.5. The fourth-order valence-corrected chi connectivity index (χ4v) is 4.59. The van der Waals surface area contributed by atoms with Gasteiger partial charge in [0.2, 0.25) is 0 Å². The topological polar surface area (TPSA) is 67.8 Å². The van der Waals surface area contributed by atoms with Crippen molar-refractivity contribution in [2.75, 3.05) is 7.11 Å². The number of thiophene rings is 1. The summed E-state index contributed by atoms with van der Waals surface area (Å²) in [6, 6.07) is 8.97. The Hall–Kier alpha value is -2.47. The highest BCUT2D eigenvalue weighted by molar-refractivity contribution is 7.14. The third-order valence-corrected chi connectivity index (χ3v) is 6.50. The van der Waals surface area contributed by atoms with Gasteiger partial charge in [0.25, 0.3) is 5.91 Å². The molecule has 0 aliphatic heterocycles. The molecule has 1 heterocycles. The quantitative estimate of drug-likeness (QED) is 0.470. The molecular weight excluding hydrogens is 372 g/mol. The highest BCUT2D eigenvalue weighted by Gasteiger charge is 2.30. The van der Waals surface area contributed by atoms with Crippen LogP contribution in [0.25, 0.3) is 0 Å². The van der Waals surface area contributed by atoms with Gasteiger partial charge >= 0.3 is 5.97 Å². The molecule has 1 atom stereocenters. The van der Waals surface area contributed by atoms with E-state index in [0.717, 1.165) is 12.8 Å².